The molecule has 0 amide bonds. The van der Waals surface area contributed by atoms with Crippen LogP contribution in [0.3, 0.4) is 0 Å². The quantitative estimate of drug-likeness (QED) is 0.800. The van der Waals surface area contributed by atoms with Gasteiger partial charge >= 0.3 is 0 Å². The van der Waals surface area contributed by atoms with Gasteiger partial charge in [0.1, 0.15) is 5.69 Å². The number of pyridine rings is 1. The lowest BCUT2D eigenvalue weighted by molar-refractivity contribution is 0.403. The molecule has 1 N–H and O–H groups in total. The second-order valence-electron chi connectivity index (χ2n) is 4.61. The van der Waals surface area contributed by atoms with Gasteiger partial charge < -0.3 is 4.74 Å². The first-order chi connectivity index (χ1) is 10.0. The van der Waals surface area contributed by atoms with Gasteiger partial charge in [0.05, 0.1) is 22.9 Å². The average Bonchev–Trinajstić information content (AvgIpc) is 2.90. The predicted molar refractivity (Wildman–Crippen MR) is 79.0 cm³/mol. The van der Waals surface area contributed by atoms with Gasteiger partial charge in [-0.15, -0.1) is 0 Å². The molecule has 6 nitrogen and oxygen atoms in total. The molecular weight excluding hydrogens is 290 g/mol. The molecular formula is C14H13N3O3S. The number of aromatic amines is 1. The van der Waals surface area contributed by atoms with E-state index < -0.39 is 9.84 Å². The molecule has 0 saturated heterocycles. The van der Waals surface area contributed by atoms with Crippen LogP contribution in [0.2, 0.25) is 0 Å². The molecule has 0 aliphatic heterocycles. The molecule has 2 aromatic heterocycles. The molecule has 3 rings (SSSR count). The number of hydrogen-bond acceptors (Lipinski definition) is 5. The summed E-state index contributed by atoms with van der Waals surface area (Å²) in [6, 6.07) is 8.37. The molecule has 0 aliphatic rings. The maximum absolute atomic E-state index is 11.5. The topological polar surface area (TPSA) is 84.9 Å². The van der Waals surface area contributed by atoms with E-state index in [1.165, 1.54) is 6.26 Å². The van der Waals surface area contributed by atoms with Gasteiger partial charge in [-0.3, -0.25) is 5.10 Å². The summed E-state index contributed by atoms with van der Waals surface area (Å²) < 4.78 is 28.2. The standard InChI is InChI=1S/C14H13N3O3S/c1-20-14-12-11(7-8-15-14)16-17-13(12)9-3-5-10(6-4-9)21(2,18)19/h3-8H,1-2H3,(H,16,17). The van der Waals surface area contributed by atoms with E-state index in [1.54, 1.807) is 43.6 Å². The third kappa shape index (κ3) is 2.36. The van der Waals surface area contributed by atoms with Gasteiger partial charge in [0.2, 0.25) is 5.88 Å². The third-order valence-electron chi connectivity index (χ3n) is 3.19. The van der Waals surface area contributed by atoms with Crippen molar-refractivity contribution in [2.45, 2.75) is 4.90 Å². The van der Waals surface area contributed by atoms with E-state index in [4.69, 9.17) is 4.74 Å². The lowest BCUT2D eigenvalue weighted by Crippen LogP contribution is -1.96. The Morgan fingerprint density at radius 2 is 1.86 bits per heavy atom. The number of nitrogens with one attached hydrogen (secondary N) is 1. The Labute approximate surface area is 121 Å². The summed E-state index contributed by atoms with van der Waals surface area (Å²) in [4.78, 5) is 4.44. The third-order valence-corrected chi connectivity index (χ3v) is 4.32. The minimum absolute atomic E-state index is 0.274. The van der Waals surface area contributed by atoms with Crippen LogP contribution in [-0.4, -0.2) is 37.0 Å². The van der Waals surface area contributed by atoms with Crippen molar-refractivity contribution in [2.75, 3.05) is 13.4 Å². The normalized spacial score (nSPS) is 11.7. The van der Waals surface area contributed by atoms with E-state index in [1.807, 2.05) is 0 Å². The van der Waals surface area contributed by atoms with Crippen molar-refractivity contribution >= 4 is 20.7 Å². The number of H-pyrrole nitrogens is 1. The summed E-state index contributed by atoms with van der Waals surface area (Å²) in [7, 11) is -1.66. The molecule has 0 aliphatic carbocycles. The molecule has 108 valence electrons. The molecule has 0 atom stereocenters. The molecule has 0 fully saturated rings. The zero-order valence-corrected chi connectivity index (χ0v) is 12.3. The fraction of sp³-hybridized carbons (Fsp3) is 0.143. The Bertz CT molecular complexity index is 899. The van der Waals surface area contributed by atoms with E-state index in [0.29, 0.717) is 11.6 Å². The monoisotopic (exact) mass is 303 g/mol. The maximum Gasteiger partial charge on any atom is 0.224 e. The van der Waals surface area contributed by atoms with Crippen molar-refractivity contribution in [1.82, 2.24) is 15.2 Å². The Morgan fingerprint density at radius 1 is 1.14 bits per heavy atom. The maximum atomic E-state index is 11.5. The van der Waals surface area contributed by atoms with Crippen LogP contribution in [0, 0.1) is 0 Å². The molecule has 0 bridgehead atoms. The van der Waals surface area contributed by atoms with Crippen LogP contribution in [0.4, 0.5) is 0 Å². The van der Waals surface area contributed by atoms with Crippen LogP contribution < -0.4 is 4.74 Å². The number of nitrogens with zero attached hydrogens (tertiary/aromatic N) is 2. The number of sulfone groups is 1. The highest BCUT2D eigenvalue weighted by Crippen LogP contribution is 2.32. The van der Waals surface area contributed by atoms with E-state index in [0.717, 1.165) is 16.5 Å². The van der Waals surface area contributed by atoms with Crippen LogP contribution in [0.15, 0.2) is 41.4 Å². The van der Waals surface area contributed by atoms with Crippen LogP contribution in [-0.2, 0) is 9.84 Å². The fourth-order valence-corrected chi connectivity index (χ4v) is 2.79. The summed E-state index contributed by atoms with van der Waals surface area (Å²) in [5.41, 5.74) is 2.28. The summed E-state index contributed by atoms with van der Waals surface area (Å²) in [5.74, 6) is 0.475. The first-order valence-corrected chi connectivity index (χ1v) is 8.07. The van der Waals surface area contributed by atoms with E-state index >= 15 is 0 Å². The largest absolute Gasteiger partial charge is 0.480 e. The minimum Gasteiger partial charge on any atom is -0.480 e. The lowest BCUT2D eigenvalue weighted by Gasteiger charge is -2.03. The first kappa shape index (κ1) is 13.6. The number of aromatic nitrogens is 3. The van der Waals surface area contributed by atoms with Crippen molar-refractivity contribution in [2.24, 2.45) is 0 Å². The fourth-order valence-electron chi connectivity index (χ4n) is 2.16. The summed E-state index contributed by atoms with van der Waals surface area (Å²) in [6.07, 6.45) is 2.81. The molecule has 0 spiro atoms. The Balaban J connectivity index is 2.17. The second kappa shape index (κ2) is 4.85. The molecule has 3 aromatic rings. The number of ether oxygens (including phenoxy) is 1. The van der Waals surface area contributed by atoms with Crippen LogP contribution in [0.1, 0.15) is 0 Å². The smallest absolute Gasteiger partial charge is 0.224 e. The molecule has 0 saturated carbocycles. The highest BCUT2D eigenvalue weighted by molar-refractivity contribution is 7.90. The highest BCUT2D eigenvalue weighted by atomic mass is 32.2. The SMILES string of the molecule is COc1nccc2[nH]nc(-c3ccc(S(C)(=O)=O)cc3)c12. The zero-order valence-electron chi connectivity index (χ0n) is 11.5. The van der Waals surface area contributed by atoms with E-state index in [9.17, 15) is 8.42 Å². The number of methoxy groups -OCH3 is 1. The summed E-state index contributed by atoms with van der Waals surface area (Å²) in [5, 5.41) is 7.96. The van der Waals surface area contributed by atoms with Crippen molar-refractivity contribution < 1.29 is 13.2 Å². The van der Waals surface area contributed by atoms with Crippen molar-refractivity contribution in [1.29, 1.82) is 0 Å². The Kier molecular flexibility index (Phi) is 3.13. The van der Waals surface area contributed by atoms with E-state index in [-0.39, 0.29) is 4.90 Å². The van der Waals surface area contributed by atoms with Gasteiger partial charge in [0.25, 0.3) is 0 Å². The van der Waals surface area contributed by atoms with E-state index in [2.05, 4.69) is 15.2 Å². The van der Waals surface area contributed by atoms with Crippen molar-refractivity contribution in [3.05, 3.63) is 36.5 Å². The summed E-state index contributed by atoms with van der Waals surface area (Å²) in [6.45, 7) is 0. The van der Waals surface area contributed by atoms with Gasteiger partial charge in [0.15, 0.2) is 9.84 Å². The highest BCUT2D eigenvalue weighted by Gasteiger charge is 2.14. The van der Waals surface area contributed by atoms with Crippen LogP contribution >= 0.6 is 0 Å². The van der Waals surface area contributed by atoms with Crippen molar-refractivity contribution in [3.63, 3.8) is 0 Å². The summed E-state index contributed by atoms with van der Waals surface area (Å²) >= 11 is 0. The molecule has 1 aromatic carbocycles. The first-order valence-electron chi connectivity index (χ1n) is 6.18. The molecule has 21 heavy (non-hydrogen) atoms. The Hall–Kier alpha value is -2.41. The average molecular weight is 303 g/mol. The molecule has 7 heteroatoms. The number of rotatable bonds is 3. The van der Waals surface area contributed by atoms with Crippen LogP contribution in [0.25, 0.3) is 22.2 Å². The zero-order chi connectivity index (χ0) is 15.0. The number of fused-ring (bicyclic) bond motifs is 1. The van der Waals surface area contributed by atoms with Gasteiger partial charge in [-0.2, -0.15) is 5.10 Å². The molecule has 0 unspecified atom stereocenters. The Morgan fingerprint density at radius 3 is 2.48 bits per heavy atom. The lowest BCUT2D eigenvalue weighted by atomic mass is 10.1. The minimum atomic E-state index is -3.21. The molecule has 2 heterocycles. The van der Waals surface area contributed by atoms with Crippen LogP contribution in [0.5, 0.6) is 5.88 Å². The number of hydrogen-bond donors (Lipinski definition) is 1. The number of benzene rings is 1. The predicted octanol–water partition coefficient (Wildman–Crippen LogP) is 2.04. The van der Waals surface area contributed by atoms with Gasteiger partial charge in [-0.1, -0.05) is 12.1 Å². The van der Waals surface area contributed by atoms with Gasteiger partial charge in [-0.05, 0) is 18.2 Å². The van der Waals surface area contributed by atoms with Gasteiger partial charge in [0, 0.05) is 18.0 Å². The second-order valence-corrected chi connectivity index (χ2v) is 6.63. The molecule has 0 radical (unpaired) electrons. The van der Waals surface area contributed by atoms with Crippen molar-refractivity contribution in [3.8, 4) is 17.1 Å². The van der Waals surface area contributed by atoms with Gasteiger partial charge in [-0.25, -0.2) is 13.4 Å².